The molecule has 3 rings (SSSR count). The Balaban J connectivity index is 0.00000125. The Labute approximate surface area is 237 Å². The van der Waals surface area contributed by atoms with E-state index in [9.17, 15) is 9.18 Å². The first-order valence-corrected chi connectivity index (χ1v) is 14.3. The molecular formula is C32H54FN3O3. The maximum atomic E-state index is 13.4. The fraction of sp³-hybridized carbons (Fsp3) is 0.656. The number of carbonyl (C=O) groups is 1. The van der Waals surface area contributed by atoms with Crippen molar-refractivity contribution in [2.75, 3.05) is 18.0 Å². The summed E-state index contributed by atoms with van der Waals surface area (Å²) in [7, 11) is 0. The summed E-state index contributed by atoms with van der Waals surface area (Å²) in [4.78, 5) is 23.2. The number of anilines is 1. The smallest absolute Gasteiger partial charge is 0.310 e. The topological polar surface area (TPSA) is 75.6 Å². The lowest BCUT2D eigenvalue weighted by Gasteiger charge is -2.40. The van der Waals surface area contributed by atoms with Crippen LogP contribution >= 0.6 is 0 Å². The third kappa shape index (κ3) is 14.4. The zero-order valence-corrected chi connectivity index (χ0v) is 26.6. The maximum absolute atomic E-state index is 13.4. The van der Waals surface area contributed by atoms with Gasteiger partial charge in [-0.05, 0) is 71.9 Å². The highest BCUT2D eigenvalue weighted by Crippen LogP contribution is 2.39. The zero-order chi connectivity index (χ0) is 30.4. The van der Waals surface area contributed by atoms with Crippen LogP contribution in [-0.4, -0.2) is 45.8 Å². The fourth-order valence-corrected chi connectivity index (χ4v) is 3.74. The van der Waals surface area contributed by atoms with Gasteiger partial charge in [-0.3, -0.25) is 9.78 Å². The van der Waals surface area contributed by atoms with Gasteiger partial charge in [-0.1, -0.05) is 48.0 Å². The van der Waals surface area contributed by atoms with Crippen molar-refractivity contribution < 1.29 is 19.0 Å². The minimum atomic E-state index is -0.518. The van der Waals surface area contributed by atoms with Gasteiger partial charge >= 0.3 is 5.97 Å². The molecule has 1 N–H and O–H groups in total. The monoisotopic (exact) mass is 547 g/mol. The highest BCUT2D eigenvalue weighted by molar-refractivity contribution is 5.84. The van der Waals surface area contributed by atoms with E-state index in [2.05, 4.69) is 42.6 Å². The quantitative estimate of drug-likeness (QED) is 0.303. The predicted octanol–water partition coefficient (Wildman–Crippen LogP) is 7.93. The maximum Gasteiger partial charge on any atom is 0.310 e. The largest absolute Gasteiger partial charge is 0.463 e. The van der Waals surface area contributed by atoms with E-state index in [1.165, 1.54) is 18.7 Å². The summed E-state index contributed by atoms with van der Waals surface area (Å²) in [5, 5.41) is 8.52. The van der Waals surface area contributed by atoms with Crippen LogP contribution in [-0.2, 0) is 16.0 Å². The first-order chi connectivity index (χ1) is 18.1. The van der Waals surface area contributed by atoms with Gasteiger partial charge in [0.15, 0.2) is 0 Å². The number of rotatable bonds is 5. The average Bonchev–Trinajstić information content (AvgIpc) is 2.81. The number of aliphatic hydroxyl groups is 1. The van der Waals surface area contributed by atoms with Crippen LogP contribution in [0.1, 0.15) is 107 Å². The summed E-state index contributed by atoms with van der Waals surface area (Å²) < 4.78 is 18.8. The Morgan fingerprint density at radius 3 is 2.05 bits per heavy atom. The molecule has 222 valence electrons. The minimum Gasteiger partial charge on any atom is -0.463 e. The molecule has 2 aromatic heterocycles. The van der Waals surface area contributed by atoms with Gasteiger partial charge in [0.25, 0.3) is 0 Å². The second kappa shape index (κ2) is 17.2. The number of halogens is 1. The number of esters is 1. The lowest BCUT2D eigenvalue weighted by atomic mass is 9.82. The molecule has 2 aromatic rings. The van der Waals surface area contributed by atoms with E-state index in [4.69, 9.17) is 9.84 Å². The van der Waals surface area contributed by atoms with Crippen molar-refractivity contribution in [3.05, 3.63) is 41.7 Å². The average molecular weight is 548 g/mol. The van der Waals surface area contributed by atoms with Gasteiger partial charge in [0.1, 0.15) is 0 Å². The van der Waals surface area contributed by atoms with Crippen LogP contribution in [0.4, 0.5) is 10.1 Å². The van der Waals surface area contributed by atoms with Crippen molar-refractivity contribution in [1.29, 1.82) is 0 Å². The highest BCUT2D eigenvalue weighted by atomic mass is 19.1. The minimum absolute atomic E-state index is 0.161. The third-order valence-electron chi connectivity index (χ3n) is 5.52. The predicted molar refractivity (Wildman–Crippen MR) is 162 cm³/mol. The van der Waals surface area contributed by atoms with Gasteiger partial charge in [0.05, 0.1) is 23.8 Å². The van der Waals surface area contributed by atoms with Gasteiger partial charge in [-0.25, -0.2) is 4.98 Å². The van der Waals surface area contributed by atoms with Gasteiger partial charge in [-0.15, -0.1) is 0 Å². The summed E-state index contributed by atoms with van der Waals surface area (Å²) in [6.45, 7) is 25.4. The Morgan fingerprint density at radius 2 is 1.62 bits per heavy atom. The first kappa shape index (κ1) is 36.5. The van der Waals surface area contributed by atoms with E-state index in [1.54, 1.807) is 33.0 Å². The van der Waals surface area contributed by atoms with Gasteiger partial charge in [0, 0.05) is 47.9 Å². The number of carbonyl (C=O) groups excluding carboxylic acids is 1. The molecule has 0 radical (unpaired) electrons. The van der Waals surface area contributed by atoms with E-state index in [0.29, 0.717) is 5.41 Å². The second-order valence-electron chi connectivity index (χ2n) is 11.7. The summed E-state index contributed by atoms with van der Waals surface area (Å²) in [6.07, 6.45) is 6.69. The molecule has 0 atom stereocenters. The first-order valence-electron chi connectivity index (χ1n) is 14.3. The van der Waals surface area contributed by atoms with Gasteiger partial charge < -0.3 is 14.7 Å². The van der Waals surface area contributed by atoms with E-state index < -0.39 is 11.5 Å². The van der Waals surface area contributed by atoms with Crippen molar-refractivity contribution in [2.24, 2.45) is 5.41 Å². The lowest BCUT2D eigenvalue weighted by Crippen LogP contribution is -2.38. The number of ether oxygens (including phenoxy) is 1. The number of pyridine rings is 2. The van der Waals surface area contributed by atoms with Gasteiger partial charge in [0.2, 0.25) is 5.95 Å². The molecule has 0 spiro atoms. The molecule has 3 heterocycles. The highest BCUT2D eigenvalue weighted by Gasteiger charge is 2.29. The molecule has 7 heteroatoms. The molecule has 1 fully saturated rings. The molecule has 39 heavy (non-hydrogen) atoms. The van der Waals surface area contributed by atoms with Crippen LogP contribution in [0.5, 0.6) is 0 Å². The van der Waals surface area contributed by atoms with Crippen molar-refractivity contribution in [3.8, 4) is 11.1 Å². The summed E-state index contributed by atoms with van der Waals surface area (Å²) in [5.74, 6) is -0.784. The Hall–Kier alpha value is -2.54. The Kier molecular flexibility index (Phi) is 16.1. The Morgan fingerprint density at radius 1 is 1.10 bits per heavy atom. The number of hydrogen-bond acceptors (Lipinski definition) is 6. The van der Waals surface area contributed by atoms with Crippen LogP contribution in [0.25, 0.3) is 11.1 Å². The third-order valence-corrected chi connectivity index (χ3v) is 5.52. The molecule has 0 aromatic carbocycles. The number of piperidine rings is 1. The molecule has 1 aliphatic rings. The van der Waals surface area contributed by atoms with Crippen LogP contribution in [0, 0.1) is 18.3 Å². The van der Waals surface area contributed by atoms with Crippen LogP contribution in [0.2, 0.25) is 0 Å². The molecule has 0 amide bonds. The van der Waals surface area contributed by atoms with Crippen LogP contribution in [0.3, 0.4) is 0 Å². The number of aryl methyl sites for hydroxylation is 1. The van der Waals surface area contributed by atoms with Crippen molar-refractivity contribution in [3.63, 3.8) is 0 Å². The van der Waals surface area contributed by atoms with E-state index >= 15 is 0 Å². The van der Waals surface area contributed by atoms with Crippen molar-refractivity contribution in [1.82, 2.24) is 9.97 Å². The van der Waals surface area contributed by atoms with E-state index in [-0.39, 0.29) is 18.5 Å². The normalized spacial score (nSPS) is 14.2. The molecule has 0 unspecified atom stereocenters. The summed E-state index contributed by atoms with van der Waals surface area (Å²) >= 11 is 0. The van der Waals surface area contributed by atoms with Crippen molar-refractivity contribution >= 4 is 11.7 Å². The number of nitrogens with zero attached hydrogens (tertiary/aromatic N) is 3. The summed E-state index contributed by atoms with van der Waals surface area (Å²) in [5.41, 5.74) is 4.13. The molecule has 0 saturated carbocycles. The summed E-state index contributed by atoms with van der Waals surface area (Å²) in [6, 6.07) is 3.06. The molecule has 1 saturated heterocycles. The molecule has 0 bridgehead atoms. The van der Waals surface area contributed by atoms with Crippen LogP contribution in [0.15, 0.2) is 24.5 Å². The lowest BCUT2D eigenvalue weighted by molar-refractivity contribution is -0.146. The van der Waals surface area contributed by atoms with E-state index in [1.807, 2.05) is 34.6 Å². The van der Waals surface area contributed by atoms with Crippen molar-refractivity contribution in [2.45, 2.75) is 120 Å². The Bertz CT molecular complexity index is 967. The second-order valence-corrected chi connectivity index (χ2v) is 11.7. The molecule has 6 nitrogen and oxygen atoms in total. The number of aromatic nitrogens is 2. The number of hydrogen-bond donors (Lipinski definition) is 1. The molecular weight excluding hydrogens is 493 g/mol. The fourth-order valence-electron chi connectivity index (χ4n) is 3.74. The van der Waals surface area contributed by atoms with Crippen LogP contribution < -0.4 is 4.90 Å². The molecule has 1 aliphatic heterocycles. The SMILES string of the molecule is CC.CC(C)(C)O.CCC.Cc1ncc(-c2ccc(F)nc2)c(N2CCC(C)(C)CC2)c1CC(=O)OC(C)C. The molecule has 0 aliphatic carbocycles. The van der Waals surface area contributed by atoms with E-state index in [0.717, 1.165) is 54.0 Å². The zero-order valence-electron chi connectivity index (χ0n) is 26.6. The standard InChI is InChI=1S/C23H30FN3O2.C4H10O.C3H8.C2H6/c1-15(2)29-21(28)12-18-16(3)25-14-19(17-6-7-20(24)26-13-17)22(18)27-10-8-23(4,5)9-11-27;1-4(2,3)5;1-3-2;1-2/h6-7,13-15H,8-12H2,1-5H3;5H,1-3H3;3H2,1-2H3;1-2H3. The van der Waals surface area contributed by atoms with Gasteiger partial charge in [-0.2, -0.15) is 4.39 Å².